The first-order chi connectivity index (χ1) is 18.5. The van der Waals surface area contributed by atoms with Crippen molar-refractivity contribution in [2.75, 3.05) is 27.9 Å². The van der Waals surface area contributed by atoms with E-state index in [2.05, 4.69) is 11.1 Å². The number of ether oxygens (including phenoxy) is 3. The molecule has 2 atom stereocenters. The van der Waals surface area contributed by atoms with E-state index in [0.29, 0.717) is 24.5 Å². The van der Waals surface area contributed by atoms with E-state index in [9.17, 15) is 9.59 Å². The zero-order chi connectivity index (χ0) is 26.4. The molecule has 4 aromatic rings. The van der Waals surface area contributed by atoms with Gasteiger partial charge in [0.2, 0.25) is 11.8 Å². The van der Waals surface area contributed by atoms with Crippen LogP contribution in [0.3, 0.4) is 0 Å². The Balaban J connectivity index is 1.44. The van der Waals surface area contributed by atoms with Gasteiger partial charge in [0.25, 0.3) is 0 Å². The van der Waals surface area contributed by atoms with Crippen molar-refractivity contribution in [3.05, 3.63) is 89.1 Å². The third kappa shape index (κ3) is 3.84. The molecule has 1 fully saturated rings. The van der Waals surface area contributed by atoms with E-state index in [4.69, 9.17) is 14.2 Å². The van der Waals surface area contributed by atoms with Crippen molar-refractivity contribution in [3.63, 3.8) is 0 Å². The Labute approximate surface area is 220 Å². The summed E-state index contributed by atoms with van der Waals surface area (Å²) in [5.41, 5.74) is 4.69. The Morgan fingerprint density at radius 3 is 2.37 bits per heavy atom. The van der Waals surface area contributed by atoms with Crippen molar-refractivity contribution in [2.24, 2.45) is 0 Å². The van der Waals surface area contributed by atoms with Crippen molar-refractivity contribution in [1.82, 2.24) is 14.8 Å². The molecule has 0 spiro atoms. The molecule has 8 nitrogen and oxygen atoms in total. The van der Waals surface area contributed by atoms with Gasteiger partial charge in [-0.1, -0.05) is 30.3 Å². The fraction of sp³-hybridized carbons (Fsp3) is 0.267. The van der Waals surface area contributed by atoms with Crippen LogP contribution < -0.4 is 14.2 Å². The Bertz CT molecular complexity index is 1530. The first-order valence-electron chi connectivity index (χ1n) is 12.6. The summed E-state index contributed by atoms with van der Waals surface area (Å²) in [4.78, 5) is 34.8. The van der Waals surface area contributed by atoms with Crippen LogP contribution in [0.25, 0.3) is 10.9 Å². The maximum Gasteiger partial charge on any atom is 0.246 e. The van der Waals surface area contributed by atoms with Crippen LogP contribution in [0.1, 0.15) is 28.4 Å². The number of piperazine rings is 1. The lowest BCUT2D eigenvalue weighted by atomic mass is 9.85. The quantitative estimate of drug-likeness (QED) is 0.422. The number of H-pyrrole nitrogens is 1. The molecule has 1 aromatic heterocycles. The maximum absolute atomic E-state index is 14.0. The second-order valence-corrected chi connectivity index (χ2v) is 9.64. The molecule has 194 valence electrons. The smallest absolute Gasteiger partial charge is 0.246 e. The predicted octanol–water partition coefficient (Wildman–Crippen LogP) is 4.08. The molecule has 1 N–H and O–H groups in total. The maximum atomic E-state index is 14.0. The van der Waals surface area contributed by atoms with Crippen LogP contribution in [-0.4, -0.2) is 60.5 Å². The Hall–Kier alpha value is -4.46. The number of carbonyl (C=O) groups excluding carboxylic acids is 2. The lowest BCUT2D eigenvalue weighted by Gasteiger charge is -2.47. The molecular formula is C30H29N3O5. The average Bonchev–Trinajstić information content (AvgIpc) is 3.33. The summed E-state index contributed by atoms with van der Waals surface area (Å²) in [6.07, 6.45) is 0.442. The van der Waals surface area contributed by atoms with Crippen molar-refractivity contribution in [1.29, 1.82) is 0 Å². The van der Waals surface area contributed by atoms with Crippen molar-refractivity contribution in [2.45, 2.75) is 25.0 Å². The second-order valence-electron chi connectivity index (χ2n) is 9.64. The van der Waals surface area contributed by atoms with Crippen molar-refractivity contribution in [3.8, 4) is 17.2 Å². The summed E-state index contributed by atoms with van der Waals surface area (Å²) in [7, 11) is 4.82. The second kappa shape index (κ2) is 9.45. The highest BCUT2D eigenvalue weighted by Gasteiger charge is 2.48. The largest absolute Gasteiger partial charge is 0.497 e. The van der Waals surface area contributed by atoms with E-state index in [1.165, 1.54) is 0 Å². The predicted molar refractivity (Wildman–Crippen MR) is 142 cm³/mol. The summed E-state index contributed by atoms with van der Waals surface area (Å²) in [5.74, 6) is 1.84. The summed E-state index contributed by atoms with van der Waals surface area (Å²) in [5, 5.41) is 1.06. The van der Waals surface area contributed by atoms with E-state index in [0.717, 1.165) is 39.0 Å². The number of hydrogen-bond donors (Lipinski definition) is 1. The number of carbonyl (C=O) groups is 2. The molecule has 0 aliphatic carbocycles. The van der Waals surface area contributed by atoms with Gasteiger partial charge in [-0.25, -0.2) is 0 Å². The molecule has 3 aromatic carbocycles. The van der Waals surface area contributed by atoms with E-state index >= 15 is 0 Å². The van der Waals surface area contributed by atoms with E-state index in [1.54, 1.807) is 31.1 Å². The molecule has 0 unspecified atom stereocenters. The van der Waals surface area contributed by atoms with E-state index < -0.39 is 12.1 Å². The summed E-state index contributed by atoms with van der Waals surface area (Å²) >= 11 is 0. The van der Waals surface area contributed by atoms with Crippen LogP contribution in [0, 0.1) is 0 Å². The highest BCUT2D eigenvalue weighted by molar-refractivity contribution is 5.97. The number of para-hydroxylation sites is 1. The van der Waals surface area contributed by atoms with Crippen LogP contribution in [-0.2, 0) is 22.6 Å². The Morgan fingerprint density at radius 1 is 0.895 bits per heavy atom. The van der Waals surface area contributed by atoms with Gasteiger partial charge in [0.05, 0.1) is 21.3 Å². The number of aromatic amines is 1. The molecule has 0 bridgehead atoms. The highest BCUT2D eigenvalue weighted by atomic mass is 16.5. The van der Waals surface area contributed by atoms with Crippen molar-refractivity contribution >= 4 is 22.7 Å². The summed E-state index contributed by atoms with van der Waals surface area (Å²) in [6, 6.07) is 20.1. The van der Waals surface area contributed by atoms with Gasteiger partial charge in [0, 0.05) is 41.2 Å². The van der Waals surface area contributed by atoms with Gasteiger partial charge in [0.15, 0.2) is 0 Å². The fourth-order valence-corrected chi connectivity index (χ4v) is 5.78. The van der Waals surface area contributed by atoms with Crippen molar-refractivity contribution < 1.29 is 23.8 Å². The average molecular weight is 512 g/mol. The fourth-order valence-electron chi connectivity index (χ4n) is 5.78. The van der Waals surface area contributed by atoms with Crippen LogP contribution >= 0.6 is 0 Å². The number of hydrogen-bond acceptors (Lipinski definition) is 5. The molecule has 2 amide bonds. The molecule has 0 saturated carbocycles. The minimum absolute atomic E-state index is 0.00585. The minimum Gasteiger partial charge on any atom is -0.497 e. The zero-order valence-electron chi connectivity index (χ0n) is 21.6. The van der Waals surface area contributed by atoms with Gasteiger partial charge in [-0.3, -0.25) is 9.59 Å². The number of benzene rings is 3. The topological polar surface area (TPSA) is 84.1 Å². The monoisotopic (exact) mass is 511 g/mol. The lowest BCUT2D eigenvalue weighted by Crippen LogP contribution is -2.62. The third-order valence-electron chi connectivity index (χ3n) is 7.61. The molecule has 1 saturated heterocycles. The lowest BCUT2D eigenvalue weighted by molar-refractivity contribution is -0.159. The zero-order valence-corrected chi connectivity index (χ0v) is 21.6. The number of fused-ring (bicyclic) bond motifs is 4. The SMILES string of the molecule is COc1ccc(CN2CC(=O)N3[C@H](c4ccc(OC)cc4OC)c4[nH]c5ccccc5c4C[C@H]3C2=O)cc1. The number of nitrogens with one attached hydrogen (secondary N) is 1. The normalized spacial score (nSPS) is 18.8. The first kappa shape index (κ1) is 23.9. The molecular weight excluding hydrogens is 482 g/mol. The molecule has 6 rings (SSSR count). The number of amides is 2. The van der Waals surface area contributed by atoms with E-state index in [1.807, 2.05) is 60.7 Å². The molecule has 38 heavy (non-hydrogen) atoms. The van der Waals surface area contributed by atoms with Gasteiger partial charge in [-0.2, -0.15) is 0 Å². The summed E-state index contributed by atoms with van der Waals surface area (Å²) in [6.45, 7) is 0.363. The van der Waals surface area contributed by atoms with E-state index in [-0.39, 0.29) is 18.4 Å². The van der Waals surface area contributed by atoms with Gasteiger partial charge in [-0.15, -0.1) is 0 Å². The first-order valence-corrected chi connectivity index (χ1v) is 12.6. The molecule has 8 heteroatoms. The number of nitrogens with zero attached hydrogens (tertiary/aromatic N) is 2. The Kier molecular flexibility index (Phi) is 5.94. The van der Waals surface area contributed by atoms with Crippen LogP contribution in [0.4, 0.5) is 0 Å². The highest BCUT2D eigenvalue weighted by Crippen LogP contribution is 2.45. The number of aromatic nitrogens is 1. The van der Waals surface area contributed by atoms with Gasteiger partial charge in [-0.05, 0) is 41.5 Å². The minimum atomic E-state index is -0.627. The van der Waals surface area contributed by atoms with Gasteiger partial charge in [0.1, 0.15) is 35.9 Å². The van der Waals surface area contributed by atoms with Crippen LogP contribution in [0.2, 0.25) is 0 Å². The number of methoxy groups -OCH3 is 3. The standard InChI is InChI=1S/C30H29N3O5/c1-36-19-10-8-18(9-11-19)16-32-17-27(34)33-25(30(32)35)15-23-21-6-4-5-7-24(21)31-28(23)29(33)22-13-12-20(37-2)14-26(22)38-3/h4-14,25,29,31H,15-17H2,1-3H3/t25-,29+/m0/s1. The van der Waals surface area contributed by atoms with Crippen LogP contribution in [0.5, 0.6) is 17.2 Å². The van der Waals surface area contributed by atoms with Gasteiger partial charge >= 0.3 is 0 Å². The van der Waals surface area contributed by atoms with Crippen LogP contribution in [0.15, 0.2) is 66.7 Å². The molecule has 3 heterocycles. The third-order valence-corrected chi connectivity index (χ3v) is 7.61. The Morgan fingerprint density at radius 2 is 1.63 bits per heavy atom. The van der Waals surface area contributed by atoms with Gasteiger partial charge < -0.3 is 29.0 Å². The molecule has 2 aliphatic rings. The molecule has 2 aliphatic heterocycles. The molecule has 0 radical (unpaired) electrons. The number of rotatable bonds is 6. The summed E-state index contributed by atoms with van der Waals surface area (Å²) < 4.78 is 16.4.